The molecule has 0 spiro atoms. The number of nitrogens with zero attached hydrogens (tertiary/aromatic N) is 4. The summed E-state index contributed by atoms with van der Waals surface area (Å²) in [4.78, 5) is 13.9. The van der Waals surface area contributed by atoms with Crippen LogP contribution in [0.15, 0.2) is 42.9 Å². The van der Waals surface area contributed by atoms with E-state index in [0.29, 0.717) is 43.5 Å². The highest BCUT2D eigenvalue weighted by molar-refractivity contribution is 7.89. The number of rotatable bonds is 5. The van der Waals surface area contributed by atoms with E-state index >= 15 is 0 Å². The van der Waals surface area contributed by atoms with Gasteiger partial charge >= 0.3 is 0 Å². The highest BCUT2D eigenvalue weighted by Crippen LogP contribution is 2.36. The molecule has 2 aliphatic heterocycles. The predicted octanol–water partition coefficient (Wildman–Crippen LogP) is 2.58. The zero-order chi connectivity index (χ0) is 22.5. The number of hydrogen-bond donors (Lipinski definition) is 2. The van der Waals surface area contributed by atoms with Gasteiger partial charge in [0, 0.05) is 55.7 Å². The van der Waals surface area contributed by atoms with Crippen LogP contribution in [0.4, 0.5) is 5.82 Å². The van der Waals surface area contributed by atoms with Crippen LogP contribution < -0.4 is 4.90 Å². The summed E-state index contributed by atoms with van der Waals surface area (Å²) in [6.07, 6.45) is 7.08. The summed E-state index contributed by atoms with van der Waals surface area (Å²) < 4.78 is 28.2. The van der Waals surface area contributed by atoms with Crippen molar-refractivity contribution in [1.82, 2.24) is 19.3 Å². The van der Waals surface area contributed by atoms with Gasteiger partial charge in [-0.3, -0.25) is 0 Å². The average Bonchev–Trinajstić information content (AvgIpc) is 3.16. The monoisotopic (exact) mass is 455 g/mol. The van der Waals surface area contributed by atoms with Gasteiger partial charge in [-0.2, -0.15) is 0 Å². The number of aromatic amines is 1. The highest BCUT2D eigenvalue weighted by Gasteiger charge is 2.43. The van der Waals surface area contributed by atoms with E-state index in [0.717, 1.165) is 23.9 Å². The van der Waals surface area contributed by atoms with Gasteiger partial charge in [-0.15, -0.1) is 0 Å². The Morgan fingerprint density at radius 2 is 1.78 bits per heavy atom. The molecule has 2 saturated heterocycles. The molecule has 0 aliphatic carbocycles. The summed E-state index contributed by atoms with van der Waals surface area (Å²) in [7, 11) is -3.37. The van der Waals surface area contributed by atoms with E-state index in [1.54, 1.807) is 36.6 Å². The van der Waals surface area contributed by atoms with Gasteiger partial charge in [0.2, 0.25) is 10.0 Å². The first-order valence-electron chi connectivity index (χ1n) is 11.1. The van der Waals surface area contributed by atoms with Gasteiger partial charge in [0.15, 0.2) is 0 Å². The number of pyridine rings is 2. The lowest BCUT2D eigenvalue weighted by molar-refractivity contribution is 0.0785. The first-order chi connectivity index (χ1) is 15.2. The topological polar surface area (TPSA) is 102 Å². The molecule has 0 bridgehead atoms. The molecule has 170 valence electrons. The largest absolute Gasteiger partial charge is 0.386 e. The number of aliphatic hydroxyl groups is 1. The standard InChI is InChI=1S/C23H29N5O3S/c1-23(2,29)20-6-4-10-25-22(20)27-14-17(15-27)32(30,31)28-11-7-16(8-12-28)19-13-26-21-18(19)5-3-9-24-21/h3-6,9-10,13,16-17,29H,7-8,11-12,14-15H2,1-2H3,(H,24,26). The molecule has 0 aromatic carbocycles. The zero-order valence-corrected chi connectivity index (χ0v) is 19.2. The number of sulfonamides is 1. The van der Waals surface area contributed by atoms with E-state index in [2.05, 4.69) is 21.0 Å². The van der Waals surface area contributed by atoms with Gasteiger partial charge in [0.05, 0.1) is 5.60 Å². The van der Waals surface area contributed by atoms with Crippen LogP contribution in [0.3, 0.4) is 0 Å². The van der Waals surface area contributed by atoms with Crippen molar-refractivity contribution >= 4 is 26.9 Å². The van der Waals surface area contributed by atoms with E-state index in [-0.39, 0.29) is 0 Å². The maximum atomic E-state index is 13.2. The Morgan fingerprint density at radius 3 is 2.50 bits per heavy atom. The Labute approximate surface area is 188 Å². The smallest absolute Gasteiger partial charge is 0.220 e. The Balaban J connectivity index is 1.24. The normalized spacial score (nSPS) is 19.4. The second kappa shape index (κ2) is 7.83. The van der Waals surface area contributed by atoms with Crippen molar-refractivity contribution < 1.29 is 13.5 Å². The van der Waals surface area contributed by atoms with Crippen LogP contribution in [-0.4, -0.2) is 64.2 Å². The minimum atomic E-state index is -3.37. The lowest BCUT2D eigenvalue weighted by atomic mass is 9.90. The maximum Gasteiger partial charge on any atom is 0.220 e. The van der Waals surface area contributed by atoms with Gasteiger partial charge in [-0.25, -0.2) is 22.7 Å². The third-order valence-corrected chi connectivity index (χ3v) is 8.98. The van der Waals surface area contributed by atoms with Gasteiger partial charge < -0.3 is 15.0 Å². The van der Waals surface area contributed by atoms with Gasteiger partial charge in [-0.05, 0) is 56.4 Å². The second-order valence-electron chi connectivity index (χ2n) is 9.32. The van der Waals surface area contributed by atoms with Crippen molar-refractivity contribution in [1.29, 1.82) is 0 Å². The van der Waals surface area contributed by atoms with Gasteiger partial charge in [0.1, 0.15) is 16.7 Å². The fourth-order valence-electron chi connectivity index (χ4n) is 4.87. The van der Waals surface area contributed by atoms with Crippen molar-refractivity contribution in [2.45, 2.75) is 43.5 Å². The molecule has 5 heterocycles. The number of nitrogens with one attached hydrogen (secondary N) is 1. The third kappa shape index (κ3) is 3.68. The van der Waals surface area contributed by atoms with Crippen LogP contribution in [0.5, 0.6) is 0 Å². The van der Waals surface area contributed by atoms with Gasteiger partial charge in [0.25, 0.3) is 0 Å². The lowest BCUT2D eigenvalue weighted by Gasteiger charge is -2.44. The van der Waals surface area contributed by atoms with Crippen molar-refractivity contribution in [2.75, 3.05) is 31.1 Å². The van der Waals surface area contributed by atoms with Crippen LogP contribution in [-0.2, 0) is 15.6 Å². The summed E-state index contributed by atoms with van der Waals surface area (Å²) in [5.41, 5.74) is 1.79. The van der Waals surface area contributed by atoms with Crippen LogP contribution in [0, 0.1) is 0 Å². The molecule has 8 nitrogen and oxygen atoms in total. The lowest BCUT2D eigenvalue weighted by Crippen LogP contribution is -2.59. The Hall–Kier alpha value is -2.49. The SMILES string of the molecule is CC(C)(O)c1cccnc1N1CC(S(=O)(=O)N2CCC(c3c[nH]c4ncccc34)CC2)C1. The maximum absolute atomic E-state index is 13.2. The predicted molar refractivity (Wildman–Crippen MR) is 124 cm³/mol. The Morgan fingerprint density at radius 1 is 1.09 bits per heavy atom. The van der Waals surface area contributed by atoms with E-state index in [1.165, 1.54) is 5.56 Å². The summed E-state index contributed by atoms with van der Waals surface area (Å²) >= 11 is 0. The molecule has 0 unspecified atom stereocenters. The summed E-state index contributed by atoms with van der Waals surface area (Å²) in [6.45, 7) is 5.31. The van der Waals surface area contributed by atoms with E-state index in [4.69, 9.17) is 0 Å². The van der Waals surface area contributed by atoms with Crippen molar-refractivity contribution in [3.8, 4) is 0 Å². The molecule has 2 fully saturated rings. The molecule has 2 N–H and O–H groups in total. The summed E-state index contributed by atoms with van der Waals surface area (Å²) in [5, 5.41) is 11.1. The Bertz CT molecular complexity index is 1220. The second-order valence-corrected chi connectivity index (χ2v) is 11.5. The minimum absolute atomic E-state index is 0.333. The summed E-state index contributed by atoms with van der Waals surface area (Å²) in [6, 6.07) is 7.64. The molecular weight excluding hydrogens is 426 g/mol. The number of hydrogen-bond acceptors (Lipinski definition) is 6. The van der Waals surface area contributed by atoms with E-state index < -0.39 is 20.9 Å². The molecule has 0 amide bonds. The van der Waals surface area contributed by atoms with Gasteiger partial charge in [-0.1, -0.05) is 6.07 Å². The molecule has 0 saturated carbocycles. The molecule has 0 radical (unpaired) electrons. The summed E-state index contributed by atoms with van der Waals surface area (Å²) in [5.74, 6) is 0.998. The van der Waals surface area contributed by atoms with Crippen molar-refractivity contribution in [3.63, 3.8) is 0 Å². The highest BCUT2D eigenvalue weighted by atomic mass is 32.2. The molecule has 0 atom stereocenters. The third-order valence-electron chi connectivity index (χ3n) is 6.75. The van der Waals surface area contributed by atoms with Crippen molar-refractivity contribution in [2.24, 2.45) is 0 Å². The van der Waals surface area contributed by atoms with Crippen LogP contribution >= 0.6 is 0 Å². The molecule has 2 aliphatic rings. The van der Waals surface area contributed by atoms with Crippen molar-refractivity contribution in [3.05, 3.63) is 54.0 Å². The number of aromatic nitrogens is 3. The quantitative estimate of drug-likeness (QED) is 0.613. The molecule has 3 aromatic rings. The van der Waals surface area contributed by atoms with Crippen LogP contribution in [0.1, 0.15) is 43.7 Å². The van der Waals surface area contributed by atoms with E-state index in [1.807, 2.05) is 23.2 Å². The first kappa shape index (κ1) is 21.4. The average molecular weight is 456 g/mol. The molecule has 32 heavy (non-hydrogen) atoms. The van der Waals surface area contributed by atoms with E-state index in [9.17, 15) is 13.5 Å². The first-order valence-corrected chi connectivity index (χ1v) is 12.6. The molecule has 9 heteroatoms. The number of H-pyrrole nitrogens is 1. The molecule has 3 aromatic heterocycles. The minimum Gasteiger partial charge on any atom is -0.386 e. The van der Waals surface area contributed by atoms with Crippen LogP contribution in [0.25, 0.3) is 11.0 Å². The van der Waals surface area contributed by atoms with Crippen LogP contribution in [0.2, 0.25) is 0 Å². The fourth-order valence-corrected chi connectivity index (χ4v) is 6.75. The molecule has 5 rings (SSSR count). The number of fused-ring (bicyclic) bond motifs is 1. The number of anilines is 1. The Kier molecular flexibility index (Phi) is 5.22. The molecular formula is C23H29N5O3S. The fraction of sp³-hybridized carbons (Fsp3) is 0.478. The zero-order valence-electron chi connectivity index (χ0n) is 18.4. The number of piperidine rings is 1.